The summed E-state index contributed by atoms with van der Waals surface area (Å²) in [6.45, 7) is 6.33. The van der Waals surface area contributed by atoms with Crippen molar-refractivity contribution in [3.63, 3.8) is 0 Å². The SMILES string of the molecule is CCN(CC)S(=O)(=O)c1cc(C(=O)NCc2nc(-c3ccncc3)cs2)ccc1C. The number of hydrogen-bond donors (Lipinski definition) is 1. The highest BCUT2D eigenvalue weighted by atomic mass is 32.2. The second kappa shape index (κ2) is 9.46. The van der Waals surface area contributed by atoms with Gasteiger partial charge in [-0.05, 0) is 36.8 Å². The fraction of sp³-hybridized carbons (Fsp3) is 0.286. The van der Waals surface area contributed by atoms with Crippen molar-refractivity contribution in [2.75, 3.05) is 13.1 Å². The second-order valence-electron chi connectivity index (χ2n) is 6.61. The van der Waals surface area contributed by atoms with Crippen molar-refractivity contribution in [3.05, 3.63) is 64.2 Å². The molecule has 0 bridgehead atoms. The summed E-state index contributed by atoms with van der Waals surface area (Å²) in [4.78, 5) is 21.3. The summed E-state index contributed by atoms with van der Waals surface area (Å²) in [5, 5.41) is 5.51. The van der Waals surface area contributed by atoms with Gasteiger partial charge in [-0.15, -0.1) is 11.3 Å². The smallest absolute Gasteiger partial charge is 0.251 e. The zero-order valence-corrected chi connectivity index (χ0v) is 18.8. The van der Waals surface area contributed by atoms with Crippen molar-refractivity contribution in [1.29, 1.82) is 0 Å². The van der Waals surface area contributed by atoms with Crippen LogP contribution in [0.15, 0.2) is 53.0 Å². The van der Waals surface area contributed by atoms with E-state index >= 15 is 0 Å². The van der Waals surface area contributed by atoms with Crippen LogP contribution in [-0.4, -0.2) is 41.7 Å². The Kier molecular flexibility index (Phi) is 6.96. The maximum absolute atomic E-state index is 12.9. The van der Waals surface area contributed by atoms with E-state index in [1.54, 1.807) is 45.3 Å². The van der Waals surface area contributed by atoms with E-state index in [1.165, 1.54) is 21.7 Å². The van der Waals surface area contributed by atoms with E-state index in [1.807, 2.05) is 17.5 Å². The van der Waals surface area contributed by atoms with E-state index in [0.29, 0.717) is 24.2 Å². The van der Waals surface area contributed by atoms with Crippen LogP contribution < -0.4 is 5.32 Å². The van der Waals surface area contributed by atoms with E-state index in [0.717, 1.165) is 16.3 Å². The Morgan fingerprint density at radius 3 is 2.50 bits per heavy atom. The lowest BCUT2D eigenvalue weighted by Crippen LogP contribution is -2.31. The molecule has 0 aliphatic heterocycles. The number of sulfonamides is 1. The molecule has 0 saturated carbocycles. The molecular formula is C21H24N4O3S2. The summed E-state index contributed by atoms with van der Waals surface area (Å²) < 4.78 is 27.2. The van der Waals surface area contributed by atoms with Gasteiger partial charge in [0.1, 0.15) is 5.01 Å². The molecule has 0 aliphatic rings. The number of amides is 1. The molecule has 0 unspecified atom stereocenters. The predicted octanol–water partition coefficient (Wildman–Crippen LogP) is 3.47. The molecule has 0 aliphatic carbocycles. The first-order valence-corrected chi connectivity index (χ1v) is 11.9. The minimum Gasteiger partial charge on any atom is -0.346 e. The Morgan fingerprint density at radius 1 is 1.13 bits per heavy atom. The number of nitrogens with one attached hydrogen (secondary N) is 1. The zero-order valence-electron chi connectivity index (χ0n) is 17.1. The molecule has 7 nitrogen and oxygen atoms in total. The monoisotopic (exact) mass is 444 g/mol. The molecule has 1 aromatic carbocycles. The average molecular weight is 445 g/mol. The number of carbonyl (C=O) groups excluding carboxylic acids is 1. The molecule has 3 rings (SSSR count). The third-order valence-electron chi connectivity index (χ3n) is 4.70. The quantitative estimate of drug-likeness (QED) is 0.574. The zero-order chi connectivity index (χ0) is 21.7. The van der Waals surface area contributed by atoms with Crippen molar-refractivity contribution >= 4 is 27.3 Å². The van der Waals surface area contributed by atoms with Crippen LogP contribution in [0, 0.1) is 6.92 Å². The normalized spacial score (nSPS) is 11.6. The van der Waals surface area contributed by atoms with Crippen molar-refractivity contribution in [2.45, 2.75) is 32.2 Å². The van der Waals surface area contributed by atoms with Gasteiger partial charge in [0.05, 0.1) is 17.1 Å². The third kappa shape index (κ3) is 4.75. The van der Waals surface area contributed by atoms with E-state index < -0.39 is 10.0 Å². The van der Waals surface area contributed by atoms with E-state index in [-0.39, 0.29) is 17.3 Å². The topological polar surface area (TPSA) is 92.3 Å². The Labute approximate surface area is 180 Å². The highest BCUT2D eigenvalue weighted by Gasteiger charge is 2.24. The summed E-state index contributed by atoms with van der Waals surface area (Å²) in [7, 11) is -3.64. The molecule has 0 atom stereocenters. The molecule has 0 radical (unpaired) electrons. The Balaban J connectivity index is 1.74. The number of pyridine rings is 1. The lowest BCUT2D eigenvalue weighted by molar-refractivity contribution is 0.0950. The van der Waals surface area contributed by atoms with Crippen molar-refractivity contribution in [2.24, 2.45) is 0 Å². The molecule has 1 amide bonds. The minimum absolute atomic E-state index is 0.160. The molecule has 2 heterocycles. The van der Waals surface area contributed by atoms with E-state index in [9.17, 15) is 13.2 Å². The fourth-order valence-corrected chi connectivity index (χ4v) is 5.48. The van der Waals surface area contributed by atoms with Crippen LogP contribution in [-0.2, 0) is 16.6 Å². The van der Waals surface area contributed by atoms with Crippen LogP contribution in [0.2, 0.25) is 0 Å². The van der Waals surface area contributed by atoms with Crippen molar-refractivity contribution in [3.8, 4) is 11.3 Å². The van der Waals surface area contributed by atoms with E-state index in [4.69, 9.17) is 0 Å². The Hall–Kier alpha value is -2.62. The maximum atomic E-state index is 12.9. The van der Waals surface area contributed by atoms with Crippen LogP contribution >= 0.6 is 11.3 Å². The Bertz CT molecular complexity index is 1120. The molecule has 0 fully saturated rings. The molecule has 30 heavy (non-hydrogen) atoms. The van der Waals surface area contributed by atoms with Crippen LogP contribution in [0.5, 0.6) is 0 Å². The van der Waals surface area contributed by atoms with Crippen LogP contribution in [0.3, 0.4) is 0 Å². The van der Waals surface area contributed by atoms with Gasteiger partial charge in [-0.2, -0.15) is 4.31 Å². The molecule has 0 saturated heterocycles. The highest BCUT2D eigenvalue weighted by Crippen LogP contribution is 2.23. The summed E-state index contributed by atoms with van der Waals surface area (Å²) in [6, 6.07) is 8.50. The van der Waals surface area contributed by atoms with Crippen LogP contribution in [0.1, 0.15) is 34.8 Å². The largest absolute Gasteiger partial charge is 0.346 e. The van der Waals surface area contributed by atoms with Gasteiger partial charge < -0.3 is 5.32 Å². The van der Waals surface area contributed by atoms with Crippen LogP contribution in [0.4, 0.5) is 0 Å². The number of benzene rings is 1. The number of aromatic nitrogens is 2. The molecule has 0 spiro atoms. The summed E-state index contributed by atoms with van der Waals surface area (Å²) in [5.74, 6) is -0.341. The number of hydrogen-bond acceptors (Lipinski definition) is 6. The fourth-order valence-electron chi connectivity index (χ4n) is 3.03. The molecule has 9 heteroatoms. The third-order valence-corrected chi connectivity index (χ3v) is 7.74. The van der Waals surface area contributed by atoms with Crippen molar-refractivity contribution < 1.29 is 13.2 Å². The lowest BCUT2D eigenvalue weighted by Gasteiger charge is -2.20. The van der Waals surface area contributed by atoms with Crippen LogP contribution in [0.25, 0.3) is 11.3 Å². The molecule has 158 valence electrons. The van der Waals surface area contributed by atoms with Gasteiger partial charge in [-0.1, -0.05) is 19.9 Å². The number of carbonyl (C=O) groups is 1. The summed E-state index contributed by atoms with van der Waals surface area (Å²) in [5.41, 5.74) is 2.70. The molecular weight excluding hydrogens is 420 g/mol. The first-order valence-electron chi connectivity index (χ1n) is 9.60. The first kappa shape index (κ1) is 22.1. The number of rotatable bonds is 8. The first-order chi connectivity index (χ1) is 14.4. The summed E-state index contributed by atoms with van der Waals surface area (Å²) in [6.07, 6.45) is 3.41. The van der Waals surface area contributed by atoms with Gasteiger partial charge in [0.2, 0.25) is 10.0 Å². The van der Waals surface area contributed by atoms with Gasteiger partial charge in [-0.25, -0.2) is 13.4 Å². The maximum Gasteiger partial charge on any atom is 0.251 e. The number of aryl methyl sites for hydroxylation is 1. The number of thiazole rings is 1. The second-order valence-corrected chi connectivity index (χ2v) is 9.46. The number of nitrogens with zero attached hydrogens (tertiary/aromatic N) is 3. The van der Waals surface area contributed by atoms with Gasteiger partial charge in [0, 0.05) is 42.0 Å². The average Bonchev–Trinajstić information content (AvgIpc) is 3.22. The van der Waals surface area contributed by atoms with E-state index in [2.05, 4.69) is 15.3 Å². The van der Waals surface area contributed by atoms with Gasteiger partial charge in [-0.3, -0.25) is 9.78 Å². The molecule has 2 aromatic heterocycles. The predicted molar refractivity (Wildman–Crippen MR) is 118 cm³/mol. The van der Waals surface area contributed by atoms with Gasteiger partial charge >= 0.3 is 0 Å². The Morgan fingerprint density at radius 2 is 1.83 bits per heavy atom. The molecule has 3 aromatic rings. The standard InChI is InChI=1S/C21H24N4O3S2/c1-4-25(5-2)30(27,28)19-12-17(7-6-15(19)3)21(26)23-13-20-24-18(14-29-20)16-8-10-22-11-9-16/h6-12,14H,4-5,13H2,1-3H3,(H,23,26). The summed E-state index contributed by atoms with van der Waals surface area (Å²) >= 11 is 1.45. The van der Waals surface area contributed by atoms with Gasteiger partial charge in [0.15, 0.2) is 0 Å². The minimum atomic E-state index is -3.64. The molecule has 1 N–H and O–H groups in total. The lowest BCUT2D eigenvalue weighted by atomic mass is 10.1. The highest BCUT2D eigenvalue weighted by molar-refractivity contribution is 7.89. The van der Waals surface area contributed by atoms with Crippen molar-refractivity contribution in [1.82, 2.24) is 19.6 Å². The van der Waals surface area contributed by atoms with Gasteiger partial charge in [0.25, 0.3) is 5.91 Å².